The molecule has 4 rings (SSSR count). The van der Waals surface area contributed by atoms with Crippen molar-refractivity contribution in [2.75, 3.05) is 39.3 Å². The summed E-state index contributed by atoms with van der Waals surface area (Å²) in [5, 5.41) is 4.61. The van der Waals surface area contributed by atoms with Crippen LogP contribution in [0.5, 0.6) is 0 Å². The summed E-state index contributed by atoms with van der Waals surface area (Å²) >= 11 is 0. The van der Waals surface area contributed by atoms with Gasteiger partial charge in [0.1, 0.15) is 0 Å². The largest absolute Gasteiger partial charge is 0.337 e. The van der Waals surface area contributed by atoms with Crippen LogP contribution in [0.15, 0.2) is 6.20 Å². The molecule has 6 heteroatoms. The number of hydrogen-bond donors (Lipinski definition) is 0. The lowest BCUT2D eigenvalue weighted by atomic mass is 9.83. The Morgan fingerprint density at radius 2 is 1.86 bits per heavy atom. The Bertz CT molecular complexity index is 677. The molecule has 1 atom stereocenters. The lowest BCUT2D eigenvalue weighted by molar-refractivity contribution is -0.142. The number of nitrogens with zero attached hydrogens (tertiary/aromatic N) is 5. The monoisotopic (exact) mass is 401 g/mol. The molecule has 3 fully saturated rings. The van der Waals surface area contributed by atoms with E-state index in [9.17, 15) is 4.79 Å². The van der Waals surface area contributed by atoms with Crippen molar-refractivity contribution in [2.45, 2.75) is 77.9 Å². The first kappa shape index (κ1) is 20.9. The third kappa shape index (κ3) is 5.02. The van der Waals surface area contributed by atoms with Crippen molar-refractivity contribution >= 4 is 5.91 Å². The standard InChI is InChI=1S/C23H39N5O/c1-3-27-17-21(19(2)24-27)16-26-13-7-10-22(18-26)28(23(29)20-8-6-9-20)15-14-25-11-4-5-12-25/h17,20,22H,3-16,18H2,1-2H3. The van der Waals surface area contributed by atoms with Gasteiger partial charge in [-0.1, -0.05) is 6.42 Å². The van der Waals surface area contributed by atoms with Gasteiger partial charge in [-0.2, -0.15) is 5.10 Å². The van der Waals surface area contributed by atoms with Gasteiger partial charge in [-0.15, -0.1) is 0 Å². The Morgan fingerprint density at radius 3 is 2.52 bits per heavy atom. The number of carbonyl (C=O) groups is 1. The van der Waals surface area contributed by atoms with Gasteiger partial charge in [0.15, 0.2) is 0 Å². The molecular weight excluding hydrogens is 362 g/mol. The van der Waals surface area contributed by atoms with Crippen LogP contribution in [0.4, 0.5) is 0 Å². The number of likely N-dealkylation sites (tertiary alicyclic amines) is 2. The molecule has 2 saturated heterocycles. The molecular formula is C23H39N5O. The normalized spacial score (nSPS) is 24.0. The van der Waals surface area contributed by atoms with Crippen LogP contribution >= 0.6 is 0 Å². The molecule has 3 heterocycles. The third-order valence-corrected chi connectivity index (χ3v) is 7.28. The maximum atomic E-state index is 13.3. The van der Waals surface area contributed by atoms with E-state index >= 15 is 0 Å². The second-order valence-electron chi connectivity index (χ2n) is 9.33. The molecule has 0 spiro atoms. The first-order valence-corrected chi connectivity index (χ1v) is 11.9. The Balaban J connectivity index is 1.40. The first-order valence-electron chi connectivity index (χ1n) is 11.9. The number of carbonyl (C=O) groups excluding carboxylic acids is 1. The summed E-state index contributed by atoms with van der Waals surface area (Å²) in [5.74, 6) is 0.742. The second-order valence-corrected chi connectivity index (χ2v) is 9.33. The average molecular weight is 402 g/mol. The van der Waals surface area contributed by atoms with Crippen LogP contribution in [0.2, 0.25) is 0 Å². The molecule has 2 aliphatic heterocycles. The Morgan fingerprint density at radius 1 is 1.10 bits per heavy atom. The van der Waals surface area contributed by atoms with Crippen LogP contribution in [0.25, 0.3) is 0 Å². The van der Waals surface area contributed by atoms with Crippen LogP contribution in [0.1, 0.15) is 63.1 Å². The van der Waals surface area contributed by atoms with Gasteiger partial charge >= 0.3 is 0 Å². The smallest absolute Gasteiger partial charge is 0.226 e. The predicted molar refractivity (Wildman–Crippen MR) is 116 cm³/mol. The van der Waals surface area contributed by atoms with Crippen LogP contribution in [-0.2, 0) is 17.9 Å². The summed E-state index contributed by atoms with van der Waals surface area (Å²) in [6.07, 6.45) is 10.6. The van der Waals surface area contributed by atoms with Gasteiger partial charge < -0.3 is 9.80 Å². The summed E-state index contributed by atoms with van der Waals surface area (Å²) in [5.41, 5.74) is 2.48. The molecule has 6 nitrogen and oxygen atoms in total. The number of amides is 1. The predicted octanol–water partition coefficient (Wildman–Crippen LogP) is 2.90. The molecule has 0 N–H and O–H groups in total. The molecule has 1 amide bonds. The highest BCUT2D eigenvalue weighted by Crippen LogP contribution is 2.30. The van der Waals surface area contributed by atoms with E-state index in [0.717, 1.165) is 64.2 Å². The zero-order valence-electron chi connectivity index (χ0n) is 18.5. The molecule has 0 radical (unpaired) electrons. The van der Waals surface area contributed by atoms with Gasteiger partial charge in [0, 0.05) is 56.4 Å². The highest BCUT2D eigenvalue weighted by atomic mass is 16.2. The molecule has 0 aromatic carbocycles. The van der Waals surface area contributed by atoms with Crippen LogP contribution in [0.3, 0.4) is 0 Å². The SMILES string of the molecule is CCn1cc(CN2CCCC(N(CCN3CCCC3)C(=O)C3CCC3)C2)c(C)n1. The lowest BCUT2D eigenvalue weighted by Gasteiger charge is -2.42. The highest BCUT2D eigenvalue weighted by molar-refractivity contribution is 5.80. The van der Waals surface area contributed by atoms with E-state index in [-0.39, 0.29) is 0 Å². The Labute approximate surface area is 176 Å². The average Bonchev–Trinajstić information content (AvgIpc) is 3.31. The van der Waals surface area contributed by atoms with Crippen LogP contribution < -0.4 is 0 Å². The summed E-state index contributed by atoms with van der Waals surface area (Å²) in [6, 6.07) is 0.376. The van der Waals surface area contributed by atoms with Crippen molar-refractivity contribution in [1.29, 1.82) is 0 Å². The van der Waals surface area contributed by atoms with E-state index < -0.39 is 0 Å². The van der Waals surface area contributed by atoms with Crippen molar-refractivity contribution in [3.63, 3.8) is 0 Å². The van der Waals surface area contributed by atoms with Gasteiger partial charge in [0.25, 0.3) is 0 Å². The first-order chi connectivity index (χ1) is 14.1. The minimum Gasteiger partial charge on any atom is -0.337 e. The van der Waals surface area contributed by atoms with E-state index in [4.69, 9.17) is 0 Å². The summed E-state index contributed by atoms with van der Waals surface area (Å²) < 4.78 is 2.04. The van der Waals surface area contributed by atoms with E-state index in [1.807, 2.05) is 4.68 Å². The van der Waals surface area contributed by atoms with E-state index in [1.165, 1.54) is 44.3 Å². The fraction of sp³-hybridized carbons (Fsp3) is 0.826. The maximum absolute atomic E-state index is 13.3. The van der Waals surface area contributed by atoms with Crippen molar-refractivity contribution in [2.24, 2.45) is 5.92 Å². The Hall–Kier alpha value is -1.40. The van der Waals surface area contributed by atoms with Gasteiger partial charge in [-0.05, 0) is 72.0 Å². The van der Waals surface area contributed by atoms with Crippen molar-refractivity contribution in [3.05, 3.63) is 17.5 Å². The van der Waals surface area contributed by atoms with Gasteiger partial charge in [-0.25, -0.2) is 0 Å². The molecule has 1 aromatic heterocycles. The lowest BCUT2D eigenvalue weighted by Crippen LogP contribution is -2.54. The Kier molecular flexibility index (Phi) is 6.91. The minimum absolute atomic E-state index is 0.300. The highest BCUT2D eigenvalue weighted by Gasteiger charge is 2.35. The molecule has 1 saturated carbocycles. The number of piperidine rings is 1. The van der Waals surface area contributed by atoms with Crippen LogP contribution in [0, 0.1) is 12.8 Å². The zero-order chi connectivity index (χ0) is 20.2. The van der Waals surface area contributed by atoms with Gasteiger partial charge in [0.2, 0.25) is 5.91 Å². The van der Waals surface area contributed by atoms with E-state index in [2.05, 4.69) is 39.8 Å². The molecule has 1 aliphatic carbocycles. The van der Waals surface area contributed by atoms with Crippen molar-refractivity contribution < 1.29 is 4.79 Å². The fourth-order valence-electron chi connectivity index (χ4n) is 5.16. The topological polar surface area (TPSA) is 44.6 Å². The zero-order valence-corrected chi connectivity index (χ0v) is 18.5. The van der Waals surface area contributed by atoms with E-state index in [1.54, 1.807) is 0 Å². The fourth-order valence-corrected chi connectivity index (χ4v) is 5.16. The molecule has 1 unspecified atom stereocenters. The number of aromatic nitrogens is 2. The maximum Gasteiger partial charge on any atom is 0.226 e. The summed E-state index contributed by atoms with van der Waals surface area (Å²) in [7, 11) is 0. The van der Waals surface area contributed by atoms with E-state index in [0.29, 0.717) is 17.9 Å². The second kappa shape index (κ2) is 9.61. The molecule has 1 aromatic rings. The minimum atomic E-state index is 0.300. The molecule has 29 heavy (non-hydrogen) atoms. The molecule has 162 valence electrons. The quantitative estimate of drug-likeness (QED) is 0.672. The molecule has 0 bridgehead atoms. The molecule has 3 aliphatic rings. The van der Waals surface area contributed by atoms with Crippen molar-refractivity contribution in [3.8, 4) is 0 Å². The number of aryl methyl sites for hydroxylation is 2. The number of rotatable bonds is 8. The summed E-state index contributed by atoms with van der Waals surface area (Å²) in [4.78, 5) is 20.7. The van der Waals surface area contributed by atoms with Crippen LogP contribution in [-0.4, -0.2) is 75.7 Å². The van der Waals surface area contributed by atoms with Gasteiger partial charge in [0.05, 0.1) is 5.69 Å². The summed E-state index contributed by atoms with van der Waals surface area (Å²) in [6.45, 7) is 12.7. The number of hydrogen-bond acceptors (Lipinski definition) is 4. The third-order valence-electron chi connectivity index (χ3n) is 7.28. The van der Waals surface area contributed by atoms with Crippen molar-refractivity contribution in [1.82, 2.24) is 24.5 Å². The van der Waals surface area contributed by atoms with Gasteiger partial charge in [-0.3, -0.25) is 14.4 Å².